The number of alkyl halides is 1. The third-order valence-corrected chi connectivity index (χ3v) is 2.27. The molecule has 1 aromatic carbocycles. The van der Waals surface area contributed by atoms with Gasteiger partial charge in [-0.3, -0.25) is 0 Å². The summed E-state index contributed by atoms with van der Waals surface area (Å²) >= 11 is 5.78. The minimum Gasteiger partial charge on any atom is -0.464 e. The van der Waals surface area contributed by atoms with Crippen LogP contribution in [0.15, 0.2) is 29.4 Å². The summed E-state index contributed by atoms with van der Waals surface area (Å²) in [4.78, 5) is 16.1. The van der Waals surface area contributed by atoms with Gasteiger partial charge in [-0.25, -0.2) is 4.79 Å². The molecular formula is C11H12ClNO3. The smallest absolute Gasteiger partial charge is 0.360 e. The van der Waals surface area contributed by atoms with Gasteiger partial charge in [-0.1, -0.05) is 29.4 Å². The number of hydrogen-bond acceptors (Lipinski definition) is 4. The molecule has 0 N–H and O–H groups in total. The molecule has 86 valence electrons. The zero-order chi connectivity index (χ0) is 12.0. The van der Waals surface area contributed by atoms with E-state index in [4.69, 9.17) is 11.6 Å². The predicted octanol–water partition coefficient (Wildman–Crippen LogP) is 1.95. The van der Waals surface area contributed by atoms with Crippen molar-refractivity contribution in [3.05, 3.63) is 35.4 Å². The number of hydrogen-bond donors (Lipinski definition) is 0. The van der Waals surface area contributed by atoms with Crippen LogP contribution in [0.1, 0.15) is 11.1 Å². The van der Waals surface area contributed by atoms with E-state index >= 15 is 0 Å². The number of rotatable bonds is 4. The van der Waals surface area contributed by atoms with Crippen molar-refractivity contribution >= 4 is 23.3 Å². The van der Waals surface area contributed by atoms with Crippen molar-refractivity contribution in [2.75, 3.05) is 14.2 Å². The van der Waals surface area contributed by atoms with Crippen molar-refractivity contribution in [2.45, 2.75) is 5.88 Å². The minimum absolute atomic E-state index is 0.112. The fourth-order valence-corrected chi connectivity index (χ4v) is 1.49. The van der Waals surface area contributed by atoms with Crippen LogP contribution < -0.4 is 0 Å². The first-order valence-electron chi connectivity index (χ1n) is 4.58. The Balaban J connectivity index is 3.21. The van der Waals surface area contributed by atoms with Crippen LogP contribution >= 0.6 is 11.6 Å². The maximum Gasteiger partial charge on any atom is 0.360 e. The van der Waals surface area contributed by atoms with Crippen LogP contribution in [0, 0.1) is 0 Å². The summed E-state index contributed by atoms with van der Waals surface area (Å²) in [6, 6.07) is 7.19. The molecule has 0 unspecified atom stereocenters. The largest absolute Gasteiger partial charge is 0.464 e. The Kier molecular flexibility index (Phi) is 4.79. The summed E-state index contributed by atoms with van der Waals surface area (Å²) in [5.74, 6) is -0.268. The number of methoxy groups -OCH3 is 1. The Morgan fingerprint density at radius 2 is 2.06 bits per heavy atom. The molecule has 0 spiro atoms. The number of benzene rings is 1. The molecule has 0 atom stereocenters. The normalized spacial score (nSPS) is 11.1. The van der Waals surface area contributed by atoms with E-state index in [2.05, 4.69) is 14.7 Å². The monoisotopic (exact) mass is 241 g/mol. The fourth-order valence-electron chi connectivity index (χ4n) is 1.25. The standard InChI is InChI=1S/C11H12ClNO3/c1-15-11(14)10(13-16-2)9-6-4-3-5-8(9)7-12/h3-6H,7H2,1-2H3/b13-10+. The average molecular weight is 242 g/mol. The highest BCUT2D eigenvalue weighted by atomic mass is 35.5. The third-order valence-electron chi connectivity index (χ3n) is 1.98. The first-order valence-corrected chi connectivity index (χ1v) is 5.11. The van der Waals surface area contributed by atoms with Crippen LogP contribution in [0.5, 0.6) is 0 Å². The van der Waals surface area contributed by atoms with Gasteiger partial charge in [0, 0.05) is 11.4 Å². The van der Waals surface area contributed by atoms with Gasteiger partial charge in [-0.2, -0.15) is 0 Å². The van der Waals surface area contributed by atoms with E-state index in [0.717, 1.165) is 5.56 Å². The molecule has 1 rings (SSSR count). The van der Waals surface area contributed by atoms with Gasteiger partial charge in [0.2, 0.25) is 0 Å². The van der Waals surface area contributed by atoms with E-state index in [1.54, 1.807) is 12.1 Å². The van der Waals surface area contributed by atoms with Crippen LogP contribution in [-0.4, -0.2) is 25.9 Å². The number of ether oxygens (including phenoxy) is 1. The summed E-state index contributed by atoms with van der Waals surface area (Å²) in [5, 5.41) is 3.66. The van der Waals surface area contributed by atoms with Crippen LogP contribution in [0.25, 0.3) is 0 Å². The zero-order valence-corrected chi connectivity index (χ0v) is 9.82. The Morgan fingerprint density at radius 1 is 1.38 bits per heavy atom. The van der Waals surface area contributed by atoms with E-state index in [1.165, 1.54) is 14.2 Å². The van der Waals surface area contributed by atoms with Gasteiger partial charge in [-0.15, -0.1) is 11.6 Å². The van der Waals surface area contributed by atoms with Gasteiger partial charge < -0.3 is 9.57 Å². The van der Waals surface area contributed by atoms with Crippen LogP contribution in [0.2, 0.25) is 0 Å². The zero-order valence-electron chi connectivity index (χ0n) is 9.07. The number of esters is 1. The number of nitrogens with zero attached hydrogens (tertiary/aromatic N) is 1. The molecule has 0 aliphatic rings. The second-order valence-electron chi connectivity index (χ2n) is 2.90. The van der Waals surface area contributed by atoms with Gasteiger partial charge >= 0.3 is 5.97 Å². The maximum atomic E-state index is 11.5. The highest BCUT2D eigenvalue weighted by Crippen LogP contribution is 2.13. The number of oxime groups is 1. The van der Waals surface area contributed by atoms with Gasteiger partial charge in [0.1, 0.15) is 7.11 Å². The van der Waals surface area contributed by atoms with Crippen molar-refractivity contribution in [1.82, 2.24) is 0 Å². The molecule has 0 saturated carbocycles. The summed E-state index contributed by atoms with van der Waals surface area (Å²) in [6.45, 7) is 0. The minimum atomic E-state index is -0.556. The highest BCUT2D eigenvalue weighted by Gasteiger charge is 2.18. The lowest BCUT2D eigenvalue weighted by Gasteiger charge is -2.07. The van der Waals surface area contributed by atoms with Crippen molar-refractivity contribution in [2.24, 2.45) is 5.16 Å². The Labute approximate surface area is 98.8 Å². The predicted molar refractivity (Wildman–Crippen MR) is 61.6 cm³/mol. The van der Waals surface area contributed by atoms with Crippen molar-refractivity contribution in [1.29, 1.82) is 0 Å². The van der Waals surface area contributed by atoms with Crippen molar-refractivity contribution in [3.63, 3.8) is 0 Å². The Bertz CT molecular complexity index is 404. The molecule has 5 heteroatoms. The van der Waals surface area contributed by atoms with Gasteiger partial charge in [0.15, 0.2) is 5.71 Å². The van der Waals surface area contributed by atoms with E-state index in [9.17, 15) is 4.79 Å². The second-order valence-corrected chi connectivity index (χ2v) is 3.17. The molecule has 0 amide bonds. The number of carbonyl (C=O) groups excluding carboxylic acids is 1. The van der Waals surface area contributed by atoms with Crippen LogP contribution in [-0.2, 0) is 20.2 Å². The summed E-state index contributed by atoms with van der Waals surface area (Å²) < 4.78 is 4.63. The molecule has 0 saturated heterocycles. The maximum absolute atomic E-state index is 11.5. The molecule has 1 aromatic rings. The molecule has 0 radical (unpaired) electrons. The van der Waals surface area contributed by atoms with Gasteiger partial charge in [0.25, 0.3) is 0 Å². The van der Waals surface area contributed by atoms with E-state index in [0.29, 0.717) is 5.56 Å². The Morgan fingerprint density at radius 3 is 2.62 bits per heavy atom. The Hall–Kier alpha value is -1.55. The third kappa shape index (κ3) is 2.73. The molecule has 0 aliphatic heterocycles. The SMILES string of the molecule is CO/N=C(/C(=O)OC)c1ccccc1CCl. The molecule has 4 nitrogen and oxygen atoms in total. The molecule has 0 heterocycles. The fraction of sp³-hybridized carbons (Fsp3) is 0.273. The number of halogens is 1. The number of carbonyl (C=O) groups is 1. The molecular weight excluding hydrogens is 230 g/mol. The summed E-state index contributed by atoms with van der Waals surface area (Å²) in [6.07, 6.45) is 0. The molecule has 0 bridgehead atoms. The molecule has 0 aromatic heterocycles. The lowest BCUT2D eigenvalue weighted by atomic mass is 10.0. The van der Waals surface area contributed by atoms with Gasteiger partial charge in [-0.05, 0) is 5.56 Å². The molecule has 16 heavy (non-hydrogen) atoms. The second kappa shape index (κ2) is 6.12. The first kappa shape index (κ1) is 12.5. The van der Waals surface area contributed by atoms with E-state index < -0.39 is 5.97 Å². The summed E-state index contributed by atoms with van der Waals surface area (Å²) in [5.41, 5.74) is 1.53. The van der Waals surface area contributed by atoms with E-state index in [-0.39, 0.29) is 11.6 Å². The van der Waals surface area contributed by atoms with Crippen molar-refractivity contribution < 1.29 is 14.4 Å². The van der Waals surface area contributed by atoms with Crippen molar-refractivity contribution in [3.8, 4) is 0 Å². The van der Waals surface area contributed by atoms with E-state index in [1.807, 2.05) is 12.1 Å². The molecule has 0 fully saturated rings. The average Bonchev–Trinajstić information content (AvgIpc) is 2.35. The van der Waals surface area contributed by atoms with Crippen LogP contribution in [0.3, 0.4) is 0 Å². The molecule has 0 aliphatic carbocycles. The quantitative estimate of drug-likeness (QED) is 0.350. The van der Waals surface area contributed by atoms with Gasteiger partial charge in [0.05, 0.1) is 7.11 Å². The lowest BCUT2D eigenvalue weighted by Crippen LogP contribution is -2.19. The topological polar surface area (TPSA) is 47.9 Å². The highest BCUT2D eigenvalue weighted by molar-refractivity contribution is 6.43. The van der Waals surface area contributed by atoms with Crippen LogP contribution in [0.4, 0.5) is 0 Å². The first-order chi connectivity index (χ1) is 7.74. The lowest BCUT2D eigenvalue weighted by molar-refractivity contribution is -0.132. The summed E-state index contributed by atoms with van der Waals surface area (Å²) in [7, 11) is 2.66.